The molecule has 134 valence electrons. The molecule has 0 radical (unpaired) electrons. The largest absolute Gasteiger partial charge is 0.326 e. The normalized spacial score (nSPS) is 14.2. The van der Waals surface area contributed by atoms with Crippen molar-refractivity contribution in [2.75, 3.05) is 10.0 Å². The van der Waals surface area contributed by atoms with Crippen molar-refractivity contribution in [2.45, 2.75) is 24.7 Å². The van der Waals surface area contributed by atoms with Gasteiger partial charge in [0.05, 0.1) is 17.4 Å². The van der Waals surface area contributed by atoms with Crippen molar-refractivity contribution >= 4 is 38.2 Å². The van der Waals surface area contributed by atoms with Crippen LogP contribution >= 0.6 is 0 Å². The minimum absolute atomic E-state index is 0.214. The predicted octanol–water partition coefficient (Wildman–Crippen LogP) is 2.70. The first-order valence-corrected chi connectivity index (χ1v) is 9.40. The van der Waals surface area contributed by atoms with Crippen LogP contribution in [0.1, 0.15) is 17.5 Å². The van der Waals surface area contributed by atoms with Crippen LogP contribution in [-0.2, 0) is 21.2 Å². The van der Waals surface area contributed by atoms with E-state index in [1.165, 1.54) is 6.07 Å². The van der Waals surface area contributed by atoms with E-state index in [9.17, 15) is 17.6 Å². The molecule has 0 saturated heterocycles. The zero-order chi connectivity index (χ0) is 18.5. The Morgan fingerprint density at radius 1 is 1.19 bits per heavy atom. The van der Waals surface area contributed by atoms with Crippen LogP contribution in [0.4, 0.5) is 15.8 Å². The van der Waals surface area contributed by atoms with Gasteiger partial charge in [-0.3, -0.25) is 14.6 Å². The highest BCUT2D eigenvalue weighted by Crippen LogP contribution is 2.30. The minimum atomic E-state index is -4.14. The predicted molar refractivity (Wildman–Crippen MR) is 95.0 cm³/mol. The number of rotatable bonds is 3. The lowest BCUT2D eigenvalue weighted by molar-refractivity contribution is -0.116. The molecule has 1 aliphatic rings. The van der Waals surface area contributed by atoms with Crippen molar-refractivity contribution < 1.29 is 17.6 Å². The fourth-order valence-corrected chi connectivity index (χ4v) is 4.23. The van der Waals surface area contributed by atoms with Gasteiger partial charge in [0.1, 0.15) is 10.7 Å². The summed E-state index contributed by atoms with van der Waals surface area (Å²) in [4.78, 5) is 11.0. The number of benzene rings is 2. The van der Waals surface area contributed by atoms with Gasteiger partial charge in [-0.2, -0.15) is 5.10 Å². The molecule has 7 nitrogen and oxygen atoms in total. The third-order valence-electron chi connectivity index (χ3n) is 4.37. The first kappa shape index (κ1) is 16.5. The van der Waals surface area contributed by atoms with Gasteiger partial charge < -0.3 is 5.32 Å². The topological polar surface area (TPSA) is 104 Å². The maximum absolute atomic E-state index is 14.4. The summed E-state index contributed by atoms with van der Waals surface area (Å²) in [5, 5.41) is 10.1. The standard InChI is InChI=1S/C17H15FN4O3S/c1-9-4-11-8-19-21-15(11)7-13(9)22-26(24,25)16-5-10-2-3-17(23)20-14(10)6-12(16)18/h4-8,22H,2-3H2,1H3,(H,19,21)(H,20,23). The number of carbonyl (C=O) groups is 1. The highest BCUT2D eigenvalue weighted by atomic mass is 32.2. The molecule has 4 rings (SSSR count). The summed E-state index contributed by atoms with van der Waals surface area (Å²) in [6.07, 6.45) is 2.24. The molecule has 1 amide bonds. The van der Waals surface area contributed by atoms with E-state index in [1.807, 2.05) is 0 Å². The van der Waals surface area contributed by atoms with Gasteiger partial charge >= 0.3 is 0 Å². The molecule has 0 saturated carbocycles. The Kier molecular flexibility index (Phi) is 3.69. The molecule has 2 heterocycles. The molecule has 2 aromatic carbocycles. The molecule has 0 fully saturated rings. The average Bonchev–Trinajstić information content (AvgIpc) is 3.01. The van der Waals surface area contributed by atoms with Crippen molar-refractivity contribution in [2.24, 2.45) is 0 Å². The second-order valence-corrected chi connectivity index (χ2v) is 7.87. The van der Waals surface area contributed by atoms with E-state index in [1.54, 1.807) is 25.3 Å². The van der Waals surface area contributed by atoms with Crippen molar-refractivity contribution in [3.05, 3.63) is 47.4 Å². The molecule has 0 atom stereocenters. The lowest BCUT2D eigenvalue weighted by Gasteiger charge is -2.19. The summed E-state index contributed by atoms with van der Waals surface area (Å²) >= 11 is 0. The number of aryl methyl sites for hydroxylation is 2. The number of hydrogen-bond donors (Lipinski definition) is 3. The molecule has 3 N–H and O–H groups in total. The second kappa shape index (κ2) is 5.80. The van der Waals surface area contributed by atoms with Crippen LogP contribution in [0, 0.1) is 12.7 Å². The summed E-state index contributed by atoms with van der Waals surface area (Å²) in [6.45, 7) is 1.75. The lowest BCUT2D eigenvalue weighted by Crippen LogP contribution is -2.21. The number of hydrogen-bond acceptors (Lipinski definition) is 4. The van der Waals surface area contributed by atoms with Gasteiger partial charge in [-0.15, -0.1) is 0 Å². The molecule has 0 unspecified atom stereocenters. The third-order valence-corrected chi connectivity index (χ3v) is 5.75. The number of nitrogens with one attached hydrogen (secondary N) is 3. The molecule has 3 aromatic rings. The Hall–Kier alpha value is -2.94. The Morgan fingerprint density at radius 3 is 2.81 bits per heavy atom. The van der Waals surface area contributed by atoms with Gasteiger partial charge in [0.15, 0.2) is 0 Å². The number of amides is 1. The summed E-state index contributed by atoms with van der Waals surface area (Å²) in [6, 6.07) is 5.73. The molecule has 0 bridgehead atoms. The molecular formula is C17H15FN4O3S. The molecule has 9 heteroatoms. The number of nitrogens with zero attached hydrogens (tertiary/aromatic N) is 1. The smallest absolute Gasteiger partial charge is 0.264 e. The van der Waals surface area contributed by atoms with Crippen LogP contribution in [0.3, 0.4) is 0 Å². The van der Waals surface area contributed by atoms with Crippen LogP contribution in [0.15, 0.2) is 35.4 Å². The number of anilines is 2. The Balaban J connectivity index is 1.74. The fourth-order valence-electron chi connectivity index (χ4n) is 3.00. The lowest BCUT2D eigenvalue weighted by atomic mass is 10.0. The number of carbonyl (C=O) groups excluding carboxylic acids is 1. The monoisotopic (exact) mass is 374 g/mol. The van der Waals surface area contributed by atoms with Crippen molar-refractivity contribution in [3.8, 4) is 0 Å². The molecule has 1 aromatic heterocycles. The van der Waals surface area contributed by atoms with Gasteiger partial charge in [-0.25, -0.2) is 12.8 Å². The van der Waals surface area contributed by atoms with E-state index in [2.05, 4.69) is 20.2 Å². The quantitative estimate of drug-likeness (QED) is 0.656. The van der Waals surface area contributed by atoms with Crippen LogP contribution in [-0.4, -0.2) is 24.5 Å². The van der Waals surface area contributed by atoms with E-state index in [0.717, 1.165) is 11.5 Å². The number of aromatic amines is 1. The summed E-state index contributed by atoms with van der Waals surface area (Å²) in [7, 11) is -4.14. The van der Waals surface area contributed by atoms with E-state index in [0.29, 0.717) is 34.4 Å². The third kappa shape index (κ3) is 2.80. The van der Waals surface area contributed by atoms with Gasteiger partial charge in [0.25, 0.3) is 10.0 Å². The van der Waals surface area contributed by atoms with Crippen LogP contribution in [0.5, 0.6) is 0 Å². The van der Waals surface area contributed by atoms with Crippen molar-refractivity contribution in [3.63, 3.8) is 0 Å². The molecule has 0 aliphatic carbocycles. The van der Waals surface area contributed by atoms with Gasteiger partial charge in [-0.05, 0) is 48.7 Å². The first-order chi connectivity index (χ1) is 12.3. The maximum atomic E-state index is 14.4. The summed E-state index contributed by atoms with van der Waals surface area (Å²) in [5.41, 5.74) is 2.60. The summed E-state index contributed by atoms with van der Waals surface area (Å²) in [5.74, 6) is -1.13. The second-order valence-electron chi connectivity index (χ2n) is 6.22. The summed E-state index contributed by atoms with van der Waals surface area (Å²) < 4.78 is 42.3. The van der Waals surface area contributed by atoms with Gasteiger partial charge in [0.2, 0.25) is 5.91 Å². The Labute approximate surface area is 148 Å². The van der Waals surface area contributed by atoms with E-state index < -0.39 is 20.7 Å². The van der Waals surface area contributed by atoms with Crippen LogP contribution in [0.2, 0.25) is 0 Å². The van der Waals surface area contributed by atoms with E-state index >= 15 is 0 Å². The van der Waals surface area contributed by atoms with E-state index in [4.69, 9.17) is 0 Å². The van der Waals surface area contributed by atoms with Crippen LogP contribution in [0.25, 0.3) is 10.9 Å². The highest BCUT2D eigenvalue weighted by molar-refractivity contribution is 7.92. The molecular weight excluding hydrogens is 359 g/mol. The number of halogens is 1. The zero-order valence-electron chi connectivity index (χ0n) is 13.8. The number of fused-ring (bicyclic) bond motifs is 2. The minimum Gasteiger partial charge on any atom is -0.326 e. The number of H-pyrrole nitrogens is 1. The fraction of sp³-hybridized carbons (Fsp3) is 0.176. The molecule has 1 aliphatic heterocycles. The molecule has 26 heavy (non-hydrogen) atoms. The zero-order valence-corrected chi connectivity index (χ0v) is 14.6. The van der Waals surface area contributed by atoms with Crippen molar-refractivity contribution in [1.29, 1.82) is 0 Å². The van der Waals surface area contributed by atoms with Crippen LogP contribution < -0.4 is 10.0 Å². The SMILES string of the molecule is Cc1cc2cn[nH]c2cc1NS(=O)(=O)c1cc2c(cc1F)NC(=O)CC2. The van der Waals surface area contributed by atoms with Gasteiger partial charge in [0, 0.05) is 17.5 Å². The first-order valence-electron chi connectivity index (χ1n) is 7.92. The Morgan fingerprint density at radius 2 is 2.00 bits per heavy atom. The number of sulfonamides is 1. The maximum Gasteiger partial charge on any atom is 0.264 e. The van der Waals surface area contributed by atoms with Gasteiger partial charge in [-0.1, -0.05) is 0 Å². The number of aromatic nitrogens is 2. The highest BCUT2D eigenvalue weighted by Gasteiger charge is 2.25. The van der Waals surface area contributed by atoms with Crippen molar-refractivity contribution in [1.82, 2.24) is 10.2 Å². The Bertz CT molecular complexity index is 1150. The average molecular weight is 374 g/mol. The van der Waals surface area contributed by atoms with E-state index in [-0.39, 0.29) is 12.3 Å². The molecule has 0 spiro atoms.